The minimum Gasteiger partial charge on any atom is -0.371 e. The van der Waals surface area contributed by atoms with Gasteiger partial charge in [-0.05, 0) is 49.7 Å². The number of hydrogen-bond donors (Lipinski definition) is 0. The average Bonchev–Trinajstić information content (AvgIpc) is 2.37. The second kappa shape index (κ2) is 5.87. The summed E-state index contributed by atoms with van der Waals surface area (Å²) in [6.45, 7) is 6.97. The van der Waals surface area contributed by atoms with E-state index >= 15 is 0 Å². The molecule has 0 unspecified atom stereocenters. The maximum atomic E-state index is 3.63. The van der Waals surface area contributed by atoms with Crippen LogP contribution in [0.25, 0.3) is 0 Å². The van der Waals surface area contributed by atoms with Gasteiger partial charge in [0.25, 0.3) is 0 Å². The minimum absolute atomic E-state index is 0.545. The molecule has 0 amide bonds. The number of alkyl halides is 1. The predicted molar refractivity (Wildman–Crippen MR) is 88.3 cm³/mol. The Labute approximate surface area is 126 Å². The third-order valence-corrected chi connectivity index (χ3v) is 5.22. The van der Waals surface area contributed by atoms with Crippen LogP contribution < -0.4 is 4.90 Å². The standard InChI is InChI=1S/C17H26BrN/c1-13-5-6-16(14(11-13)12-18)19(4)15-7-9-17(2,3)10-8-15/h5-6,11,15H,7-10,12H2,1-4H3. The SMILES string of the molecule is Cc1ccc(N(C)C2CCC(C)(C)CC2)c(CBr)c1. The van der Waals surface area contributed by atoms with Crippen LogP contribution in [0.15, 0.2) is 18.2 Å². The Bertz CT molecular complexity index is 429. The quantitative estimate of drug-likeness (QED) is 0.682. The minimum atomic E-state index is 0.545. The second-order valence-electron chi connectivity index (χ2n) is 6.77. The first-order chi connectivity index (χ1) is 8.93. The molecule has 1 nitrogen and oxygen atoms in total. The van der Waals surface area contributed by atoms with Crippen molar-refractivity contribution in [2.75, 3.05) is 11.9 Å². The third kappa shape index (κ3) is 3.53. The van der Waals surface area contributed by atoms with Gasteiger partial charge in [-0.1, -0.05) is 47.5 Å². The molecule has 0 aliphatic heterocycles. The van der Waals surface area contributed by atoms with E-state index in [1.165, 1.54) is 42.5 Å². The lowest BCUT2D eigenvalue weighted by molar-refractivity contribution is 0.222. The first kappa shape index (κ1) is 14.9. The third-order valence-electron chi connectivity index (χ3n) is 4.62. The molecule has 0 saturated heterocycles. The van der Waals surface area contributed by atoms with E-state index in [-0.39, 0.29) is 0 Å². The highest BCUT2D eigenvalue weighted by atomic mass is 79.9. The molecular weight excluding hydrogens is 298 g/mol. The van der Waals surface area contributed by atoms with Crippen molar-refractivity contribution in [2.24, 2.45) is 5.41 Å². The van der Waals surface area contributed by atoms with Crippen molar-refractivity contribution >= 4 is 21.6 Å². The first-order valence-electron chi connectivity index (χ1n) is 7.31. The number of rotatable bonds is 3. The molecule has 1 saturated carbocycles. The van der Waals surface area contributed by atoms with E-state index in [0.29, 0.717) is 11.5 Å². The van der Waals surface area contributed by atoms with Gasteiger partial charge in [0.2, 0.25) is 0 Å². The predicted octanol–water partition coefficient (Wildman–Crippen LogP) is 5.29. The largest absolute Gasteiger partial charge is 0.371 e. The lowest BCUT2D eigenvalue weighted by Crippen LogP contribution is -2.37. The molecule has 106 valence electrons. The highest BCUT2D eigenvalue weighted by Gasteiger charge is 2.29. The van der Waals surface area contributed by atoms with E-state index < -0.39 is 0 Å². The van der Waals surface area contributed by atoms with Gasteiger partial charge in [-0.25, -0.2) is 0 Å². The molecule has 0 aromatic heterocycles. The summed E-state index contributed by atoms with van der Waals surface area (Å²) in [6, 6.07) is 7.51. The van der Waals surface area contributed by atoms with Crippen LogP contribution in [-0.2, 0) is 5.33 Å². The Morgan fingerprint density at radius 2 is 1.89 bits per heavy atom. The van der Waals surface area contributed by atoms with Crippen LogP contribution in [0.2, 0.25) is 0 Å². The molecule has 0 bridgehead atoms. The summed E-state index contributed by atoms with van der Waals surface area (Å²) in [6.07, 6.45) is 5.33. The van der Waals surface area contributed by atoms with Gasteiger partial charge < -0.3 is 4.90 Å². The van der Waals surface area contributed by atoms with Gasteiger partial charge in [0, 0.05) is 24.1 Å². The molecule has 19 heavy (non-hydrogen) atoms. The van der Waals surface area contributed by atoms with Crippen molar-refractivity contribution in [1.29, 1.82) is 0 Å². The van der Waals surface area contributed by atoms with Crippen molar-refractivity contribution in [3.63, 3.8) is 0 Å². The summed E-state index contributed by atoms with van der Waals surface area (Å²) < 4.78 is 0. The summed E-state index contributed by atoms with van der Waals surface area (Å²) in [5.41, 5.74) is 4.69. The molecule has 2 heteroatoms. The fourth-order valence-electron chi connectivity index (χ4n) is 3.13. The van der Waals surface area contributed by atoms with Crippen molar-refractivity contribution < 1.29 is 0 Å². The maximum absolute atomic E-state index is 3.63. The van der Waals surface area contributed by atoms with Gasteiger partial charge in [0.15, 0.2) is 0 Å². The van der Waals surface area contributed by atoms with Crippen molar-refractivity contribution in [2.45, 2.75) is 57.8 Å². The second-order valence-corrected chi connectivity index (χ2v) is 7.33. The van der Waals surface area contributed by atoms with Gasteiger partial charge in [0.05, 0.1) is 0 Å². The Balaban J connectivity index is 2.14. The van der Waals surface area contributed by atoms with E-state index in [1.54, 1.807) is 0 Å². The lowest BCUT2D eigenvalue weighted by atomic mass is 9.75. The fourth-order valence-corrected chi connectivity index (χ4v) is 3.58. The zero-order chi connectivity index (χ0) is 14.0. The van der Waals surface area contributed by atoms with E-state index in [4.69, 9.17) is 0 Å². The first-order valence-corrected chi connectivity index (χ1v) is 8.43. The smallest absolute Gasteiger partial charge is 0.0407 e. The van der Waals surface area contributed by atoms with E-state index in [9.17, 15) is 0 Å². The number of nitrogens with zero attached hydrogens (tertiary/aromatic N) is 1. The van der Waals surface area contributed by atoms with Gasteiger partial charge in [-0.2, -0.15) is 0 Å². The molecule has 2 rings (SSSR count). The van der Waals surface area contributed by atoms with Crippen LogP contribution in [-0.4, -0.2) is 13.1 Å². The van der Waals surface area contributed by atoms with Gasteiger partial charge in [-0.15, -0.1) is 0 Å². The molecule has 1 fully saturated rings. The maximum Gasteiger partial charge on any atom is 0.0407 e. The number of benzene rings is 1. The average molecular weight is 324 g/mol. The summed E-state index contributed by atoms with van der Waals surface area (Å²) in [5.74, 6) is 0. The summed E-state index contributed by atoms with van der Waals surface area (Å²) >= 11 is 3.63. The normalized spacial score (nSPS) is 19.4. The van der Waals surface area contributed by atoms with Crippen molar-refractivity contribution in [1.82, 2.24) is 0 Å². The van der Waals surface area contributed by atoms with Crippen LogP contribution in [0.5, 0.6) is 0 Å². The number of halogens is 1. The zero-order valence-corrected chi connectivity index (χ0v) is 14.3. The lowest BCUT2D eigenvalue weighted by Gasteiger charge is -2.40. The molecule has 0 heterocycles. The highest BCUT2D eigenvalue weighted by molar-refractivity contribution is 9.08. The van der Waals surface area contributed by atoms with Crippen LogP contribution in [0, 0.1) is 12.3 Å². The monoisotopic (exact) mass is 323 g/mol. The summed E-state index contributed by atoms with van der Waals surface area (Å²) in [5, 5.41) is 0.937. The van der Waals surface area contributed by atoms with Crippen LogP contribution in [0.3, 0.4) is 0 Å². The number of anilines is 1. The van der Waals surface area contributed by atoms with Crippen LogP contribution >= 0.6 is 15.9 Å². The van der Waals surface area contributed by atoms with Gasteiger partial charge >= 0.3 is 0 Å². The van der Waals surface area contributed by atoms with Crippen molar-refractivity contribution in [3.8, 4) is 0 Å². The highest BCUT2D eigenvalue weighted by Crippen LogP contribution is 2.38. The topological polar surface area (TPSA) is 3.24 Å². The molecule has 1 aromatic carbocycles. The Morgan fingerprint density at radius 1 is 1.26 bits per heavy atom. The summed E-state index contributed by atoms with van der Waals surface area (Å²) in [4.78, 5) is 2.51. The fraction of sp³-hybridized carbons (Fsp3) is 0.647. The molecule has 1 aliphatic rings. The molecule has 0 N–H and O–H groups in total. The van der Waals surface area contributed by atoms with Gasteiger partial charge in [0.1, 0.15) is 0 Å². The Morgan fingerprint density at radius 3 is 2.47 bits per heavy atom. The Kier molecular flexibility index (Phi) is 4.60. The molecule has 1 aromatic rings. The van der Waals surface area contributed by atoms with Crippen molar-refractivity contribution in [3.05, 3.63) is 29.3 Å². The summed E-state index contributed by atoms with van der Waals surface area (Å²) in [7, 11) is 2.26. The number of hydrogen-bond acceptors (Lipinski definition) is 1. The van der Waals surface area contributed by atoms with E-state index in [1.807, 2.05) is 0 Å². The van der Waals surface area contributed by atoms with Crippen LogP contribution in [0.1, 0.15) is 50.7 Å². The molecule has 0 spiro atoms. The molecule has 0 radical (unpaired) electrons. The molecular formula is C17H26BrN. The molecule has 0 atom stereocenters. The van der Waals surface area contributed by atoms with E-state index in [0.717, 1.165) is 5.33 Å². The molecule has 1 aliphatic carbocycles. The van der Waals surface area contributed by atoms with Crippen LogP contribution in [0.4, 0.5) is 5.69 Å². The zero-order valence-electron chi connectivity index (χ0n) is 12.7. The Hall–Kier alpha value is -0.500. The van der Waals surface area contributed by atoms with E-state index in [2.05, 4.69) is 66.8 Å². The number of aryl methyl sites for hydroxylation is 1. The van der Waals surface area contributed by atoms with Gasteiger partial charge in [-0.3, -0.25) is 0 Å².